The summed E-state index contributed by atoms with van der Waals surface area (Å²) in [5.74, 6) is 5.87. The fourth-order valence-electron chi connectivity index (χ4n) is 12.1. The summed E-state index contributed by atoms with van der Waals surface area (Å²) in [6.45, 7) is 21.3. The van der Waals surface area contributed by atoms with Gasteiger partial charge in [0.1, 0.15) is 72.4 Å². The zero-order valence-electron chi connectivity index (χ0n) is 54.5. The number of amides is 1. The molecule has 4 aromatic carbocycles. The molecular formula is C68H86BN12O12. The molecule has 0 saturated carbocycles. The normalized spacial score (nSPS) is 14.7. The smallest absolute Gasteiger partial charge is 0.298 e. The molecule has 6 N–H and O–H groups in total. The molecule has 93 heavy (non-hydrogen) atoms. The third kappa shape index (κ3) is 14.1. The number of fused-ring (bicyclic) bond motifs is 8. The number of nitrogens with two attached hydrogens (primary N) is 1. The number of H-pyrrole nitrogens is 2. The van der Waals surface area contributed by atoms with Gasteiger partial charge in [-0.25, -0.2) is 19.9 Å². The molecule has 10 heterocycles. The summed E-state index contributed by atoms with van der Waals surface area (Å²) in [4.78, 5) is 55.0. The van der Waals surface area contributed by atoms with Gasteiger partial charge >= 0.3 is 0 Å². The molecule has 0 unspecified atom stereocenters. The lowest BCUT2D eigenvalue weighted by molar-refractivity contribution is -0.120. The molecule has 0 bridgehead atoms. The number of likely N-dealkylation sites (tertiary alicyclic amines) is 2. The second-order valence-electron chi connectivity index (χ2n) is 22.4. The number of benzene rings is 4. The van der Waals surface area contributed by atoms with Gasteiger partial charge in [-0.1, -0.05) is 39.0 Å². The number of ether oxygens (including phenoxy) is 7. The maximum absolute atomic E-state index is 13.4. The van der Waals surface area contributed by atoms with Crippen LogP contribution in [0.5, 0.6) is 40.2 Å². The highest BCUT2D eigenvalue weighted by molar-refractivity contribution is 6.16. The van der Waals surface area contributed by atoms with Crippen LogP contribution in [-0.4, -0.2) is 170 Å². The van der Waals surface area contributed by atoms with E-state index in [1.54, 1.807) is 26.4 Å². The number of rotatable bonds is 10. The Bertz CT molecular complexity index is 4260. The third-order valence-electron chi connectivity index (χ3n) is 16.5. The highest BCUT2D eigenvalue weighted by Gasteiger charge is 2.31. The summed E-state index contributed by atoms with van der Waals surface area (Å²) < 4.78 is 57.3. The molecule has 0 spiro atoms. The molecule has 14 rings (SSSR count). The first-order valence-electron chi connectivity index (χ1n) is 31.0. The first-order chi connectivity index (χ1) is 44.5. The number of carbonyl (C=O) groups excluding carboxylic acids is 2. The third-order valence-corrected chi connectivity index (χ3v) is 16.5. The number of nitrogens with zero attached hydrogens (tertiary/aromatic N) is 8. The number of piperidine rings is 2. The van der Waals surface area contributed by atoms with E-state index in [1.165, 1.54) is 25.9 Å². The Morgan fingerprint density at radius 1 is 0.645 bits per heavy atom. The van der Waals surface area contributed by atoms with Crippen LogP contribution in [0.25, 0.3) is 88.6 Å². The van der Waals surface area contributed by atoms with E-state index in [9.17, 15) is 9.59 Å². The molecule has 6 aromatic heterocycles. The molecule has 2 fully saturated rings. The molecule has 0 atom stereocenters. The number of aromatic amines is 2. The van der Waals surface area contributed by atoms with E-state index in [0.717, 1.165) is 97.7 Å². The number of aromatic nitrogens is 8. The lowest BCUT2D eigenvalue weighted by Gasteiger charge is -2.30. The van der Waals surface area contributed by atoms with Crippen molar-refractivity contribution in [1.82, 2.24) is 55.3 Å². The summed E-state index contributed by atoms with van der Waals surface area (Å²) in [6, 6.07) is 15.8. The van der Waals surface area contributed by atoms with Crippen molar-refractivity contribution < 1.29 is 56.8 Å². The average molecular weight is 1280 g/mol. The first kappa shape index (κ1) is 68.1. The van der Waals surface area contributed by atoms with Gasteiger partial charge in [0, 0.05) is 57.5 Å². The van der Waals surface area contributed by atoms with Crippen molar-refractivity contribution in [3.8, 4) is 85.0 Å². The van der Waals surface area contributed by atoms with Crippen LogP contribution in [0.15, 0.2) is 57.6 Å². The van der Waals surface area contributed by atoms with Crippen LogP contribution in [0, 0.1) is 41.5 Å². The van der Waals surface area contributed by atoms with E-state index < -0.39 is 0 Å². The highest BCUT2D eigenvalue weighted by atomic mass is 16.6. The Hall–Kier alpha value is -9.30. The van der Waals surface area contributed by atoms with E-state index in [4.69, 9.17) is 69.2 Å². The summed E-state index contributed by atoms with van der Waals surface area (Å²) in [5.41, 5.74) is 17.1. The molecule has 0 aliphatic carbocycles. The Morgan fingerprint density at radius 2 is 1.08 bits per heavy atom. The Labute approximate surface area is 543 Å². The van der Waals surface area contributed by atoms with Crippen LogP contribution in [0.1, 0.15) is 99.3 Å². The van der Waals surface area contributed by atoms with Crippen molar-refractivity contribution in [3.05, 3.63) is 88.7 Å². The van der Waals surface area contributed by atoms with Crippen molar-refractivity contribution in [2.24, 2.45) is 5.73 Å². The fraction of sp³-hybridized carbons (Fsp3) is 0.412. The lowest BCUT2D eigenvalue weighted by atomic mass is 9.98. The topological polar surface area (TPSA) is 299 Å². The van der Waals surface area contributed by atoms with Crippen molar-refractivity contribution >= 4 is 64.3 Å². The molecule has 493 valence electrons. The molecule has 1 radical (unpaired) electrons. The molecule has 4 aliphatic heterocycles. The summed E-state index contributed by atoms with van der Waals surface area (Å²) in [7, 11) is 7.78. The number of hydrogen-bond donors (Lipinski definition) is 5. The predicted octanol–water partition coefficient (Wildman–Crippen LogP) is 10.8. The van der Waals surface area contributed by atoms with Crippen LogP contribution in [0.3, 0.4) is 0 Å². The highest BCUT2D eigenvalue weighted by Crippen LogP contribution is 2.50. The zero-order valence-corrected chi connectivity index (χ0v) is 53.5. The standard InChI is InChI=1S/C32H34N6O5.C26H22N4O6.C6H14N2.C2H6.2CH4.BH2O/c1-16-26(17(2)43-37-16)23-14-24-22(15-25(23)40-5)27-28(33-18(3)34-31(27)36-24)20-6-7-21(30-29(20)41-12-13-42-30)32(39)35-19-8-10-38(4)11-9-19;1-12-21(13(2)36-30-12)17-9-18-16(10-20(17)32-4)22-23(27-14(3)28-26(22)29-18)15-5-6-19(35-11-31)25-24(15)33-7-8-34-25;1-8-4-2-6(7)3-5-8;1-2;;;1-2/h6-7,14-15,19H,8-13H2,1-5H3,(H,35,39)(H,33,34,36);5-6,9-11H,7-8H2,1-4H3,(H,27,28,29);6H,2-5,7H2,1H3;1-2H3;2*1H4;1-2H/i;;;;;;1T. The van der Waals surface area contributed by atoms with Gasteiger partial charge in [0.15, 0.2) is 23.0 Å². The van der Waals surface area contributed by atoms with Gasteiger partial charge in [-0.3, -0.25) is 9.59 Å². The fourth-order valence-corrected chi connectivity index (χ4v) is 12.1. The van der Waals surface area contributed by atoms with Gasteiger partial charge in [0.05, 0.1) is 64.5 Å². The van der Waals surface area contributed by atoms with Gasteiger partial charge in [-0.2, -0.15) is 0 Å². The lowest BCUT2D eigenvalue weighted by Crippen LogP contribution is -2.43. The Morgan fingerprint density at radius 3 is 1.51 bits per heavy atom. The first-order valence-corrected chi connectivity index (χ1v) is 30.4. The number of nitrogens with one attached hydrogen (secondary N) is 3. The molecular weight excluding hydrogens is 1190 g/mol. The molecule has 1 amide bonds. The SMILES string of the molecule is C.C.CC.CN1CCC(N)CC1.COc1cc2c(cc1-c1c(C)noc1C)[nH]c1nc(C)nc(-c3ccc(C(=O)NC4CCN(C)CC4)c4c3OCCO4)c12.COc1cc2c(cc1-c1c(C)noc1C)[nH]c1nc(C)nc(-c3ccc(OC=O)c4c3OCCO4)c12.[3H][B]O. The number of aryl methyl sites for hydroxylation is 6. The van der Waals surface area contributed by atoms with Crippen molar-refractivity contribution in [1.29, 1.82) is 1.34 Å². The van der Waals surface area contributed by atoms with Gasteiger partial charge in [0.25, 0.3) is 20.4 Å². The maximum Gasteiger partial charge on any atom is 0.298 e. The number of hydrogen-bond acceptors (Lipinski definition) is 21. The minimum atomic E-state index is -0.157. The Balaban J connectivity index is 0.000000201. The van der Waals surface area contributed by atoms with Crippen LogP contribution in [0.4, 0.5) is 0 Å². The van der Waals surface area contributed by atoms with E-state index in [-0.39, 0.29) is 40.6 Å². The van der Waals surface area contributed by atoms with Crippen LogP contribution >= 0.6 is 0 Å². The molecule has 24 nitrogen and oxygen atoms in total. The predicted molar refractivity (Wildman–Crippen MR) is 362 cm³/mol. The minimum Gasteiger partial charge on any atom is -0.496 e. The van der Waals surface area contributed by atoms with Gasteiger partial charge < -0.3 is 78.0 Å². The number of methoxy groups -OCH3 is 2. The minimum absolute atomic E-state index is 0. The molecule has 10 aromatic rings. The van der Waals surface area contributed by atoms with Crippen LogP contribution in [0.2, 0.25) is 0 Å². The quantitative estimate of drug-likeness (QED) is 0.0628. The number of carbonyl (C=O) groups is 2. The van der Waals surface area contributed by atoms with Crippen molar-refractivity contribution in [2.45, 2.75) is 108 Å². The maximum atomic E-state index is 13.4. The van der Waals surface area contributed by atoms with Gasteiger partial charge in [-0.15, -0.1) is 0 Å². The van der Waals surface area contributed by atoms with Crippen LogP contribution in [-0.2, 0) is 4.79 Å². The second kappa shape index (κ2) is 30.4. The van der Waals surface area contributed by atoms with Crippen molar-refractivity contribution in [3.63, 3.8) is 0 Å². The van der Waals surface area contributed by atoms with E-state index in [2.05, 4.69) is 54.5 Å². The monoisotopic (exact) mass is 1280 g/mol. The van der Waals surface area contributed by atoms with Crippen molar-refractivity contribution in [2.75, 3.05) is 80.9 Å². The Kier molecular flexibility index (Phi) is 22.3. The van der Waals surface area contributed by atoms with E-state index >= 15 is 0 Å². The average Bonchev–Trinajstić information content (AvgIpc) is 1.52. The molecule has 4 aliphatic rings. The molecule has 2 saturated heterocycles. The summed E-state index contributed by atoms with van der Waals surface area (Å²) in [5, 5.41) is 21.9. The summed E-state index contributed by atoms with van der Waals surface area (Å²) in [6.07, 6.45) is 4.19. The van der Waals surface area contributed by atoms with Gasteiger partial charge in [0.2, 0.25) is 5.75 Å². The zero-order chi connectivity index (χ0) is 65.5. The van der Waals surface area contributed by atoms with E-state index in [0.29, 0.717) is 130 Å². The molecule has 25 heteroatoms. The van der Waals surface area contributed by atoms with E-state index in [1.807, 2.05) is 91.8 Å². The largest absolute Gasteiger partial charge is 0.496 e. The second-order valence-corrected chi connectivity index (χ2v) is 22.4. The van der Waals surface area contributed by atoms with Gasteiger partial charge in [-0.05, 0) is 156 Å². The summed E-state index contributed by atoms with van der Waals surface area (Å²) >= 11 is 0. The van der Waals surface area contributed by atoms with Crippen LogP contribution < -0.4 is 44.2 Å².